The van der Waals surface area contributed by atoms with Crippen molar-refractivity contribution in [1.29, 1.82) is 0 Å². The highest BCUT2D eigenvalue weighted by molar-refractivity contribution is 9.11. The number of hydrogen-bond acceptors (Lipinski definition) is 3. The molecule has 0 aromatic carbocycles. The standard InChI is InChI=1S/C9H14BrNS2/c1-7(11)4-5-12-6-8-2-3-9(10)13-8/h2-3,7H,4-6,11H2,1H3. The third kappa shape index (κ3) is 5.05. The normalized spacial score (nSPS) is 13.2. The van der Waals surface area contributed by atoms with E-state index in [0.29, 0.717) is 6.04 Å². The summed E-state index contributed by atoms with van der Waals surface area (Å²) in [6, 6.07) is 4.61. The van der Waals surface area contributed by atoms with Crippen molar-refractivity contribution in [3.8, 4) is 0 Å². The first-order chi connectivity index (χ1) is 6.18. The summed E-state index contributed by atoms with van der Waals surface area (Å²) < 4.78 is 1.22. The Morgan fingerprint density at radius 3 is 2.92 bits per heavy atom. The van der Waals surface area contributed by atoms with E-state index in [-0.39, 0.29) is 0 Å². The Hall–Kier alpha value is 0.490. The maximum atomic E-state index is 5.66. The molecule has 13 heavy (non-hydrogen) atoms. The van der Waals surface area contributed by atoms with Gasteiger partial charge in [-0.1, -0.05) is 0 Å². The quantitative estimate of drug-likeness (QED) is 0.836. The molecule has 1 unspecified atom stereocenters. The van der Waals surface area contributed by atoms with Crippen molar-refractivity contribution >= 4 is 39.0 Å². The van der Waals surface area contributed by atoms with Gasteiger partial charge in [0.2, 0.25) is 0 Å². The Bertz CT molecular complexity index is 248. The fourth-order valence-electron chi connectivity index (χ4n) is 0.871. The van der Waals surface area contributed by atoms with E-state index in [1.54, 1.807) is 0 Å². The molecule has 0 aliphatic carbocycles. The number of hydrogen-bond donors (Lipinski definition) is 1. The summed E-state index contributed by atoms with van der Waals surface area (Å²) in [5.41, 5.74) is 5.66. The SMILES string of the molecule is CC(N)CCSCc1ccc(Br)s1. The van der Waals surface area contributed by atoms with Gasteiger partial charge in [0.05, 0.1) is 3.79 Å². The Labute approximate surface area is 96.2 Å². The first-order valence-electron chi connectivity index (χ1n) is 4.26. The molecule has 4 heteroatoms. The van der Waals surface area contributed by atoms with Crippen LogP contribution in [0.25, 0.3) is 0 Å². The summed E-state index contributed by atoms with van der Waals surface area (Å²) in [4.78, 5) is 1.43. The molecule has 2 N–H and O–H groups in total. The van der Waals surface area contributed by atoms with Crippen LogP contribution in [0.1, 0.15) is 18.2 Å². The minimum atomic E-state index is 0.336. The average Bonchev–Trinajstić information content (AvgIpc) is 2.45. The van der Waals surface area contributed by atoms with Crippen molar-refractivity contribution in [2.45, 2.75) is 25.1 Å². The van der Waals surface area contributed by atoms with Gasteiger partial charge in [0, 0.05) is 16.7 Å². The van der Waals surface area contributed by atoms with E-state index in [2.05, 4.69) is 35.0 Å². The Balaban J connectivity index is 2.13. The first-order valence-corrected chi connectivity index (χ1v) is 7.02. The molecule has 0 amide bonds. The fourth-order valence-corrected chi connectivity index (χ4v) is 3.62. The average molecular weight is 280 g/mol. The first kappa shape index (κ1) is 11.6. The Morgan fingerprint density at radius 1 is 1.62 bits per heavy atom. The maximum absolute atomic E-state index is 5.66. The zero-order valence-electron chi connectivity index (χ0n) is 7.63. The van der Waals surface area contributed by atoms with Crippen molar-refractivity contribution < 1.29 is 0 Å². The molecule has 1 heterocycles. The highest BCUT2D eigenvalue weighted by atomic mass is 79.9. The maximum Gasteiger partial charge on any atom is 0.0701 e. The second-order valence-corrected chi connectivity index (χ2v) is 6.68. The second-order valence-electron chi connectivity index (χ2n) is 3.02. The van der Waals surface area contributed by atoms with E-state index < -0.39 is 0 Å². The molecule has 1 nitrogen and oxygen atoms in total. The van der Waals surface area contributed by atoms with Crippen LogP contribution in [0.3, 0.4) is 0 Å². The van der Waals surface area contributed by atoms with Crippen molar-refractivity contribution in [2.75, 3.05) is 5.75 Å². The summed E-state index contributed by atoms with van der Waals surface area (Å²) in [5, 5.41) is 0. The number of nitrogens with two attached hydrogens (primary N) is 1. The summed E-state index contributed by atoms with van der Waals surface area (Å²) in [6.45, 7) is 2.06. The van der Waals surface area contributed by atoms with Gasteiger partial charge >= 0.3 is 0 Å². The van der Waals surface area contributed by atoms with Crippen molar-refractivity contribution in [2.24, 2.45) is 5.73 Å². The van der Waals surface area contributed by atoms with Gasteiger partial charge in [-0.3, -0.25) is 0 Å². The van der Waals surface area contributed by atoms with Gasteiger partial charge in [-0.2, -0.15) is 11.8 Å². The molecule has 0 saturated carbocycles. The molecule has 0 radical (unpaired) electrons. The summed E-state index contributed by atoms with van der Waals surface area (Å²) in [6.07, 6.45) is 1.11. The van der Waals surface area contributed by atoms with Gasteiger partial charge in [-0.25, -0.2) is 0 Å². The summed E-state index contributed by atoms with van der Waals surface area (Å²) in [5.74, 6) is 2.27. The lowest BCUT2D eigenvalue weighted by atomic mass is 10.3. The predicted octanol–water partition coefficient (Wildman–Crippen LogP) is 3.48. The van der Waals surface area contributed by atoms with Gasteiger partial charge in [0.15, 0.2) is 0 Å². The van der Waals surface area contributed by atoms with Crippen molar-refractivity contribution in [1.82, 2.24) is 0 Å². The lowest BCUT2D eigenvalue weighted by molar-refractivity contribution is 0.721. The highest BCUT2D eigenvalue weighted by Gasteiger charge is 1.98. The van der Waals surface area contributed by atoms with Crippen LogP contribution in [0.5, 0.6) is 0 Å². The Kier molecular flexibility index (Phi) is 5.39. The van der Waals surface area contributed by atoms with E-state index in [4.69, 9.17) is 5.73 Å². The summed E-state index contributed by atoms with van der Waals surface area (Å²) >= 11 is 7.22. The van der Waals surface area contributed by atoms with Crippen molar-refractivity contribution in [3.63, 3.8) is 0 Å². The number of thioether (sulfide) groups is 1. The molecule has 1 aromatic rings. The van der Waals surface area contributed by atoms with Gasteiger partial charge in [0.25, 0.3) is 0 Å². The van der Waals surface area contributed by atoms with Crippen molar-refractivity contribution in [3.05, 3.63) is 20.8 Å². The minimum absolute atomic E-state index is 0.336. The topological polar surface area (TPSA) is 26.0 Å². The predicted molar refractivity (Wildman–Crippen MR) is 66.4 cm³/mol. The molecule has 0 spiro atoms. The lowest BCUT2D eigenvalue weighted by Gasteiger charge is -2.02. The summed E-state index contributed by atoms with van der Waals surface area (Å²) in [7, 11) is 0. The highest BCUT2D eigenvalue weighted by Crippen LogP contribution is 2.25. The zero-order valence-corrected chi connectivity index (χ0v) is 10.8. The van der Waals surface area contributed by atoms with E-state index in [1.807, 2.05) is 23.1 Å². The van der Waals surface area contributed by atoms with Gasteiger partial charge in [-0.15, -0.1) is 11.3 Å². The molecule has 0 aliphatic rings. The number of rotatable bonds is 5. The molecule has 0 bridgehead atoms. The van der Waals surface area contributed by atoms with Crippen LogP contribution in [0.2, 0.25) is 0 Å². The molecular weight excluding hydrogens is 266 g/mol. The van der Waals surface area contributed by atoms with Crippen LogP contribution in [-0.4, -0.2) is 11.8 Å². The van der Waals surface area contributed by atoms with E-state index in [1.165, 1.54) is 8.66 Å². The van der Waals surface area contributed by atoms with Crippen LogP contribution >= 0.6 is 39.0 Å². The third-order valence-electron chi connectivity index (χ3n) is 1.59. The largest absolute Gasteiger partial charge is 0.328 e. The van der Waals surface area contributed by atoms with Crippen LogP contribution in [0.4, 0.5) is 0 Å². The monoisotopic (exact) mass is 279 g/mol. The van der Waals surface area contributed by atoms with Crippen LogP contribution in [-0.2, 0) is 5.75 Å². The van der Waals surface area contributed by atoms with Gasteiger partial charge in [-0.05, 0) is 47.2 Å². The molecule has 0 fully saturated rings. The van der Waals surface area contributed by atoms with Crippen LogP contribution < -0.4 is 5.73 Å². The van der Waals surface area contributed by atoms with Gasteiger partial charge < -0.3 is 5.73 Å². The number of halogens is 1. The van der Waals surface area contributed by atoms with E-state index in [9.17, 15) is 0 Å². The third-order valence-corrected chi connectivity index (χ3v) is 4.44. The molecule has 0 saturated heterocycles. The molecule has 74 valence electrons. The molecule has 0 aliphatic heterocycles. The second kappa shape index (κ2) is 6.06. The molecule has 1 rings (SSSR count). The lowest BCUT2D eigenvalue weighted by Crippen LogP contribution is -2.15. The smallest absolute Gasteiger partial charge is 0.0701 e. The zero-order chi connectivity index (χ0) is 9.68. The van der Waals surface area contributed by atoms with Crippen LogP contribution in [0, 0.1) is 0 Å². The molecule has 1 atom stereocenters. The van der Waals surface area contributed by atoms with Crippen LogP contribution in [0.15, 0.2) is 15.9 Å². The minimum Gasteiger partial charge on any atom is -0.328 e. The van der Waals surface area contributed by atoms with E-state index in [0.717, 1.165) is 17.9 Å². The molecular formula is C9H14BrNS2. The van der Waals surface area contributed by atoms with E-state index >= 15 is 0 Å². The Morgan fingerprint density at radius 2 is 2.38 bits per heavy atom. The van der Waals surface area contributed by atoms with Gasteiger partial charge in [0.1, 0.15) is 0 Å². The molecule has 1 aromatic heterocycles. The fraction of sp³-hybridized carbons (Fsp3) is 0.556. The number of thiophene rings is 1.